The van der Waals surface area contributed by atoms with Gasteiger partial charge in [-0.3, -0.25) is 9.59 Å². The number of ketones is 1. The number of nitrogens with one attached hydrogen (secondary N) is 1. The van der Waals surface area contributed by atoms with Crippen LogP contribution in [0, 0.1) is 11.8 Å². The van der Waals surface area contributed by atoms with E-state index in [1.54, 1.807) is 0 Å². The van der Waals surface area contributed by atoms with Crippen LogP contribution in [-0.4, -0.2) is 40.2 Å². The van der Waals surface area contributed by atoms with E-state index in [4.69, 9.17) is 10.2 Å². The molecular weight excluding hydrogens is 352 g/mol. The third-order valence-electron chi connectivity index (χ3n) is 5.39. The zero-order chi connectivity index (χ0) is 18.4. The third-order valence-corrected chi connectivity index (χ3v) is 6.24. The molecule has 2 aliphatic carbocycles. The van der Waals surface area contributed by atoms with Crippen LogP contribution >= 0.6 is 11.8 Å². The molecule has 0 spiro atoms. The van der Waals surface area contributed by atoms with Crippen molar-refractivity contribution in [2.45, 2.75) is 69.1 Å². The number of hydrogen-bond acceptors (Lipinski definition) is 7. The molecule has 1 atom stereocenters. The molecule has 0 radical (unpaired) electrons. The van der Waals surface area contributed by atoms with Crippen LogP contribution in [0.15, 0.2) is 9.64 Å². The van der Waals surface area contributed by atoms with Crippen LogP contribution in [-0.2, 0) is 4.79 Å². The van der Waals surface area contributed by atoms with E-state index in [1.807, 2.05) is 0 Å². The van der Waals surface area contributed by atoms with Gasteiger partial charge >= 0.3 is 0 Å². The zero-order valence-corrected chi connectivity index (χ0v) is 15.9. The molecule has 1 amide bonds. The van der Waals surface area contributed by atoms with Crippen LogP contribution in [0.5, 0.6) is 0 Å². The van der Waals surface area contributed by atoms with Crippen LogP contribution in [0.4, 0.5) is 0 Å². The number of hydrogen-bond donors (Lipinski definition) is 2. The highest BCUT2D eigenvalue weighted by molar-refractivity contribution is 7.99. The first-order chi connectivity index (χ1) is 12.7. The molecular formula is C18H28N4O3S. The smallest absolute Gasteiger partial charge is 0.286 e. The lowest BCUT2D eigenvalue weighted by molar-refractivity contribution is -0.126. The summed E-state index contributed by atoms with van der Waals surface area (Å²) in [6.45, 7) is 0.498. The van der Waals surface area contributed by atoms with Crippen LogP contribution in [0.3, 0.4) is 0 Å². The van der Waals surface area contributed by atoms with Crippen LogP contribution in [0.2, 0.25) is 0 Å². The second-order valence-electron chi connectivity index (χ2n) is 7.24. The molecule has 3 N–H and O–H groups in total. The average molecular weight is 381 g/mol. The Kier molecular flexibility index (Phi) is 7.07. The number of thioether (sulfide) groups is 1. The SMILES string of the molecule is NCCSc1nnc(C(=O)C(NC(=O)C2CCCCC2)C2CCCC2)o1. The van der Waals surface area contributed by atoms with Crippen molar-refractivity contribution in [3.8, 4) is 0 Å². The summed E-state index contributed by atoms with van der Waals surface area (Å²) in [4.78, 5) is 25.7. The van der Waals surface area contributed by atoms with Crippen LogP contribution in [0.25, 0.3) is 0 Å². The van der Waals surface area contributed by atoms with E-state index in [1.165, 1.54) is 18.2 Å². The predicted molar refractivity (Wildman–Crippen MR) is 98.9 cm³/mol. The molecule has 8 heteroatoms. The van der Waals surface area contributed by atoms with Gasteiger partial charge in [0.05, 0.1) is 0 Å². The molecule has 2 saturated carbocycles. The molecule has 1 aromatic heterocycles. The summed E-state index contributed by atoms with van der Waals surface area (Å²) in [6, 6.07) is -0.556. The lowest BCUT2D eigenvalue weighted by atomic mass is 9.87. The van der Waals surface area contributed by atoms with Crippen LogP contribution in [0.1, 0.15) is 68.5 Å². The number of amides is 1. The van der Waals surface area contributed by atoms with Crippen molar-refractivity contribution >= 4 is 23.5 Å². The van der Waals surface area contributed by atoms with Gasteiger partial charge in [-0.05, 0) is 31.6 Å². The topological polar surface area (TPSA) is 111 Å². The number of Topliss-reactive ketones (excluding diaryl/α,β-unsaturated/α-hetero) is 1. The van der Waals surface area contributed by atoms with Gasteiger partial charge in [0, 0.05) is 18.2 Å². The van der Waals surface area contributed by atoms with Gasteiger partial charge in [-0.1, -0.05) is 43.9 Å². The number of nitrogens with two attached hydrogens (primary N) is 1. The Bertz CT molecular complexity index is 609. The Labute approximate surface area is 158 Å². The molecule has 2 aliphatic rings. The van der Waals surface area contributed by atoms with E-state index in [2.05, 4.69) is 15.5 Å². The molecule has 7 nitrogen and oxygen atoms in total. The van der Waals surface area contributed by atoms with Gasteiger partial charge in [0.15, 0.2) is 0 Å². The fourth-order valence-corrected chi connectivity index (χ4v) is 4.50. The Morgan fingerprint density at radius 2 is 1.81 bits per heavy atom. The van der Waals surface area contributed by atoms with Gasteiger partial charge < -0.3 is 15.5 Å². The van der Waals surface area contributed by atoms with Gasteiger partial charge in [-0.25, -0.2) is 0 Å². The maximum absolute atomic E-state index is 13.0. The molecule has 3 rings (SSSR count). The quantitative estimate of drug-likeness (QED) is 0.526. The van der Waals surface area contributed by atoms with Gasteiger partial charge in [0.2, 0.25) is 11.7 Å². The lowest BCUT2D eigenvalue weighted by Crippen LogP contribution is -2.48. The predicted octanol–water partition coefficient (Wildman–Crippen LogP) is 2.56. The highest BCUT2D eigenvalue weighted by atomic mass is 32.2. The number of rotatable bonds is 8. The summed E-state index contributed by atoms with van der Waals surface area (Å²) in [5.74, 6) is 0.576. The van der Waals surface area contributed by atoms with Gasteiger partial charge in [-0.15, -0.1) is 10.2 Å². The summed E-state index contributed by atoms with van der Waals surface area (Å²) in [6.07, 6.45) is 9.28. The van der Waals surface area contributed by atoms with Crippen molar-refractivity contribution in [2.24, 2.45) is 17.6 Å². The molecule has 0 aromatic carbocycles. The maximum Gasteiger partial charge on any atom is 0.286 e. The van der Waals surface area contributed by atoms with E-state index in [0.29, 0.717) is 17.5 Å². The van der Waals surface area contributed by atoms with Crippen molar-refractivity contribution in [3.05, 3.63) is 5.89 Å². The second kappa shape index (κ2) is 9.50. The average Bonchev–Trinajstić information content (AvgIpc) is 3.36. The summed E-state index contributed by atoms with van der Waals surface area (Å²) in [7, 11) is 0. The minimum absolute atomic E-state index is 0.00666. The number of carbonyl (C=O) groups excluding carboxylic acids is 2. The fraction of sp³-hybridized carbons (Fsp3) is 0.778. The first-order valence-electron chi connectivity index (χ1n) is 9.70. The van der Waals surface area contributed by atoms with Crippen molar-refractivity contribution < 1.29 is 14.0 Å². The highest BCUT2D eigenvalue weighted by Crippen LogP contribution is 2.31. The highest BCUT2D eigenvalue weighted by Gasteiger charge is 2.36. The molecule has 144 valence electrons. The number of carbonyl (C=O) groups is 2. The first kappa shape index (κ1) is 19.4. The van der Waals surface area contributed by atoms with E-state index in [9.17, 15) is 9.59 Å². The molecule has 0 bridgehead atoms. The summed E-state index contributed by atoms with van der Waals surface area (Å²) in [5, 5.41) is 11.2. The molecule has 0 saturated heterocycles. The third kappa shape index (κ3) is 4.85. The fourth-order valence-electron chi connectivity index (χ4n) is 3.97. The summed E-state index contributed by atoms with van der Waals surface area (Å²) < 4.78 is 5.50. The van der Waals surface area contributed by atoms with Crippen molar-refractivity contribution in [3.63, 3.8) is 0 Å². The van der Waals surface area contributed by atoms with Crippen LogP contribution < -0.4 is 11.1 Å². The lowest BCUT2D eigenvalue weighted by Gasteiger charge is -2.26. The Balaban J connectivity index is 1.69. The molecule has 1 unspecified atom stereocenters. The van der Waals surface area contributed by atoms with E-state index >= 15 is 0 Å². The number of nitrogens with zero attached hydrogens (tertiary/aromatic N) is 2. The molecule has 1 heterocycles. The Morgan fingerprint density at radius 3 is 2.50 bits per heavy atom. The van der Waals surface area contributed by atoms with Gasteiger partial charge in [-0.2, -0.15) is 0 Å². The molecule has 26 heavy (non-hydrogen) atoms. The monoisotopic (exact) mass is 380 g/mol. The minimum Gasteiger partial charge on any atom is -0.408 e. The zero-order valence-electron chi connectivity index (χ0n) is 15.1. The van der Waals surface area contributed by atoms with E-state index < -0.39 is 6.04 Å². The molecule has 0 aliphatic heterocycles. The van der Waals surface area contributed by atoms with Crippen molar-refractivity contribution in [1.82, 2.24) is 15.5 Å². The maximum atomic E-state index is 13.0. The number of aromatic nitrogens is 2. The van der Waals surface area contributed by atoms with E-state index in [0.717, 1.165) is 51.4 Å². The van der Waals surface area contributed by atoms with E-state index in [-0.39, 0.29) is 29.4 Å². The largest absolute Gasteiger partial charge is 0.408 e. The van der Waals surface area contributed by atoms with Crippen molar-refractivity contribution in [2.75, 3.05) is 12.3 Å². The second-order valence-corrected chi connectivity index (χ2v) is 8.29. The molecule has 2 fully saturated rings. The standard InChI is InChI=1S/C18H28N4O3S/c19-10-11-26-18-22-21-17(25-18)15(23)14(12-6-4-5-7-12)20-16(24)13-8-2-1-3-9-13/h12-14H,1-11,19H2,(H,20,24). The summed E-state index contributed by atoms with van der Waals surface area (Å²) >= 11 is 1.33. The van der Waals surface area contributed by atoms with Crippen molar-refractivity contribution in [1.29, 1.82) is 0 Å². The normalized spacial score (nSPS) is 20.2. The Hall–Kier alpha value is -1.41. The van der Waals surface area contributed by atoms with Gasteiger partial charge in [0.1, 0.15) is 6.04 Å². The Morgan fingerprint density at radius 1 is 1.12 bits per heavy atom. The summed E-state index contributed by atoms with van der Waals surface area (Å²) in [5.41, 5.74) is 5.47. The first-order valence-corrected chi connectivity index (χ1v) is 10.7. The van der Waals surface area contributed by atoms with Gasteiger partial charge in [0.25, 0.3) is 11.1 Å². The molecule has 1 aromatic rings. The minimum atomic E-state index is -0.556.